The molecule has 14 heteroatoms. The van der Waals surface area contributed by atoms with Gasteiger partial charge in [0.15, 0.2) is 0 Å². The van der Waals surface area contributed by atoms with Crippen LogP contribution < -0.4 is 5.32 Å². The molecule has 3 N–H and O–H groups in total. The Balaban J connectivity index is 0.000000642. The molecule has 1 saturated heterocycles. The molecule has 0 aromatic heterocycles. The van der Waals surface area contributed by atoms with Crippen molar-refractivity contribution in [1.82, 2.24) is 14.5 Å². The minimum absolute atomic E-state index is 0.0131. The van der Waals surface area contributed by atoms with E-state index in [0.29, 0.717) is 57.0 Å². The van der Waals surface area contributed by atoms with Crippen LogP contribution in [0.15, 0.2) is 41.3 Å². The largest absolute Gasteiger partial charge is 0.478 e. The van der Waals surface area contributed by atoms with E-state index in [9.17, 15) is 36.0 Å². The van der Waals surface area contributed by atoms with Crippen LogP contribution in [0, 0.1) is 11.8 Å². The molecule has 1 amide bonds. The molecular formula is C27H38F3N3O7S. The Labute approximate surface area is 238 Å². The SMILES string of the molecule is CN[C@@H](CC(C)C)C(=O)N1CCC(N(CC2CC2)S(=O)(=O)c2cccc(C(F)(F)F)c2)CC1.O=C(O)C=CC(=O)O. The van der Waals surface area contributed by atoms with E-state index in [4.69, 9.17) is 10.2 Å². The maximum atomic E-state index is 13.4. The maximum Gasteiger partial charge on any atom is 0.416 e. The number of likely N-dealkylation sites (N-methyl/N-ethyl adjacent to an activating group) is 1. The van der Waals surface area contributed by atoms with E-state index in [2.05, 4.69) is 19.2 Å². The molecule has 1 atom stereocenters. The van der Waals surface area contributed by atoms with Gasteiger partial charge in [0.1, 0.15) is 0 Å². The van der Waals surface area contributed by atoms with Gasteiger partial charge in [0, 0.05) is 37.8 Å². The van der Waals surface area contributed by atoms with Crippen molar-refractivity contribution in [1.29, 1.82) is 0 Å². The van der Waals surface area contributed by atoms with Crippen molar-refractivity contribution >= 4 is 27.9 Å². The first-order valence-corrected chi connectivity index (χ1v) is 14.8. The summed E-state index contributed by atoms with van der Waals surface area (Å²) >= 11 is 0. The molecule has 1 heterocycles. The van der Waals surface area contributed by atoms with Gasteiger partial charge >= 0.3 is 18.1 Å². The summed E-state index contributed by atoms with van der Waals surface area (Å²) in [4.78, 5) is 33.5. The molecule has 1 aromatic rings. The molecular weight excluding hydrogens is 567 g/mol. The minimum atomic E-state index is -4.61. The van der Waals surface area contributed by atoms with Gasteiger partial charge in [-0.05, 0) is 69.2 Å². The molecule has 1 aliphatic heterocycles. The van der Waals surface area contributed by atoms with Crippen LogP contribution in [0.2, 0.25) is 0 Å². The lowest BCUT2D eigenvalue weighted by Crippen LogP contribution is -2.53. The number of benzene rings is 1. The lowest BCUT2D eigenvalue weighted by molar-refractivity contribution is -0.138. The molecule has 0 radical (unpaired) electrons. The van der Waals surface area contributed by atoms with E-state index in [1.54, 1.807) is 11.9 Å². The predicted molar refractivity (Wildman–Crippen MR) is 144 cm³/mol. The predicted octanol–water partition coefficient (Wildman–Crippen LogP) is 3.44. The number of nitrogens with one attached hydrogen (secondary N) is 1. The standard InChI is InChI=1S/C23H34F3N3O3S.C4H4O4/c1-16(2)13-21(27-3)22(30)28-11-9-19(10-12-28)29(15-17-7-8-17)33(31,32)20-6-4-5-18(14-20)23(24,25)26;5-3(6)1-2-4(7)8/h4-6,14,16-17,19,21,27H,7-13,15H2,1-3H3;1-2H,(H,5,6)(H,7,8)/t21-;/m0./s1. The maximum absolute atomic E-state index is 13.4. The second-order valence-corrected chi connectivity index (χ2v) is 12.5. The molecule has 10 nitrogen and oxygen atoms in total. The van der Waals surface area contributed by atoms with Crippen LogP contribution >= 0.6 is 0 Å². The number of alkyl halides is 3. The molecule has 0 spiro atoms. The van der Waals surface area contributed by atoms with Crippen molar-refractivity contribution in [3.05, 3.63) is 42.0 Å². The lowest BCUT2D eigenvalue weighted by Gasteiger charge is -2.39. The normalized spacial score (nSPS) is 17.4. The fourth-order valence-electron chi connectivity index (χ4n) is 4.52. The van der Waals surface area contributed by atoms with Gasteiger partial charge < -0.3 is 20.4 Å². The van der Waals surface area contributed by atoms with Crippen molar-refractivity contribution in [3.8, 4) is 0 Å². The summed E-state index contributed by atoms with van der Waals surface area (Å²) in [5.74, 6) is -1.90. The molecule has 0 bridgehead atoms. The molecule has 3 rings (SSSR count). The first-order valence-electron chi connectivity index (χ1n) is 13.3. The summed E-state index contributed by atoms with van der Waals surface area (Å²) in [6, 6.07) is 3.34. The number of halogens is 3. The first kappa shape index (κ1) is 34.2. The minimum Gasteiger partial charge on any atom is -0.478 e. The van der Waals surface area contributed by atoms with E-state index in [-0.39, 0.29) is 28.8 Å². The number of likely N-dealkylation sites (tertiary alicyclic amines) is 1. The molecule has 230 valence electrons. The van der Waals surface area contributed by atoms with Crippen molar-refractivity contribution in [2.24, 2.45) is 11.8 Å². The number of amides is 1. The summed E-state index contributed by atoms with van der Waals surface area (Å²) in [6.07, 6.45) is -0.00440. The summed E-state index contributed by atoms with van der Waals surface area (Å²) in [6.45, 7) is 5.28. The number of rotatable bonds is 11. The highest BCUT2D eigenvalue weighted by molar-refractivity contribution is 7.89. The molecule has 1 aromatic carbocycles. The number of hydrogen-bond acceptors (Lipinski definition) is 6. The fourth-order valence-corrected chi connectivity index (χ4v) is 6.32. The Morgan fingerprint density at radius 1 is 1.07 bits per heavy atom. The van der Waals surface area contributed by atoms with Crippen LogP contribution in [0.25, 0.3) is 0 Å². The first-order chi connectivity index (χ1) is 19.1. The number of carboxylic acid groups (broad SMARTS) is 2. The Kier molecular flexibility index (Phi) is 12.3. The third kappa shape index (κ3) is 10.7. The highest BCUT2D eigenvalue weighted by Gasteiger charge is 2.40. The van der Waals surface area contributed by atoms with Gasteiger partial charge in [-0.1, -0.05) is 19.9 Å². The third-order valence-electron chi connectivity index (χ3n) is 6.81. The number of carbonyl (C=O) groups is 3. The summed E-state index contributed by atoms with van der Waals surface area (Å²) in [5, 5.41) is 18.7. The van der Waals surface area contributed by atoms with Gasteiger partial charge in [0.05, 0.1) is 16.5 Å². The van der Waals surface area contributed by atoms with Crippen LogP contribution in [0.4, 0.5) is 13.2 Å². The van der Waals surface area contributed by atoms with Crippen LogP contribution in [0.5, 0.6) is 0 Å². The van der Waals surface area contributed by atoms with E-state index in [0.717, 1.165) is 31.0 Å². The Hall–Kier alpha value is -2.97. The average Bonchev–Trinajstić information content (AvgIpc) is 3.73. The fraction of sp³-hybridized carbons (Fsp3) is 0.593. The van der Waals surface area contributed by atoms with Crippen LogP contribution in [-0.4, -0.2) is 84.4 Å². The number of carboxylic acids is 2. The third-order valence-corrected chi connectivity index (χ3v) is 8.72. The van der Waals surface area contributed by atoms with E-state index in [1.807, 2.05) is 0 Å². The van der Waals surface area contributed by atoms with Gasteiger partial charge in [-0.15, -0.1) is 0 Å². The summed E-state index contributed by atoms with van der Waals surface area (Å²) in [7, 11) is -2.33. The van der Waals surface area contributed by atoms with Gasteiger partial charge in [-0.3, -0.25) is 4.79 Å². The number of piperidine rings is 1. The lowest BCUT2D eigenvalue weighted by atomic mass is 10.00. The van der Waals surface area contributed by atoms with Gasteiger partial charge in [-0.2, -0.15) is 17.5 Å². The average molecular weight is 606 g/mol. The zero-order valence-corrected chi connectivity index (χ0v) is 24.1. The second kappa shape index (κ2) is 14.8. The second-order valence-electron chi connectivity index (χ2n) is 10.6. The van der Waals surface area contributed by atoms with Crippen molar-refractivity contribution in [3.63, 3.8) is 0 Å². The zero-order chi connectivity index (χ0) is 31.0. The van der Waals surface area contributed by atoms with Gasteiger partial charge in [-0.25, -0.2) is 18.0 Å². The summed E-state index contributed by atoms with van der Waals surface area (Å²) < 4.78 is 67.8. The Morgan fingerprint density at radius 2 is 1.63 bits per heavy atom. The van der Waals surface area contributed by atoms with E-state index in [1.165, 1.54) is 10.4 Å². The number of nitrogens with zero attached hydrogens (tertiary/aromatic N) is 2. The number of aliphatic carboxylic acids is 2. The smallest absolute Gasteiger partial charge is 0.416 e. The highest BCUT2D eigenvalue weighted by Crippen LogP contribution is 2.36. The van der Waals surface area contributed by atoms with Crippen molar-refractivity contribution in [2.45, 2.75) is 69.1 Å². The van der Waals surface area contributed by atoms with Crippen molar-refractivity contribution < 1.29 is 46.2 Å². The quantitative estimate of drug-likeness (QED) is 0.326. The van der Waals surface area contributed by atoms with Crippen molar-refractivity contribution in [2.75, 3.05) is 26.7 Å². The van der Waals surface area contributed by atoms with Gasteiger partial charge in [0.25, 0.3) is 0 Å². The van der Waals surface area contributed by atoms with Crippen LogP contribution in [0.1, 0.15) is 51.5 Å². The van der Waals surface area contributed by atoms with E-state index < -0.39 is 33.7 Å². The topological polar surface area (TPSA) is 144 Å². The molecule has 1 saturated carbocycles. The number of hydrogen-bond donors (Lipinski definition) is 3. The molecule has 2 fully saturated rings. The molecule has 1 aliphatic carbocycles. The highest BCUT2D eigenvalue weighted by atomic mass is 32.2. The van der Waals surface area contributed by atoms with Gasteiger partial charge in [0.2, 0.25) is 15.9 Å². The molecule has 41 heavy (non-hydrogen) atoms. The van der Waals surface area contributed by atoms with E-state index >= 15 is 0 Å². The monoisotopic (exact) mass is 605 g/mol. The zero-order valence-electron chi connectivity index (χ0n) is 23.3. The number of sulfonamides is 1. The summed E-state index contributed by atoms with van der Waals surface area (Å²) in [5.41, 5.74) is -0.973. The number of carbonyl (C=O) groups excluding carboxylic acids is 1. The van der Waals surface area contributed by atoms with Crippen LogP contribution in [-0.2, 0) is 30.6 Å². The molecule has 2 aliphatic rings. The van der Waals surface area contributed by atoms with Crippen LogP contribution in [0.3, 0.4) is 0 Å². The molecule has 0 unspecified atom stereocenters. The Bertz CT molecular complexity index is 1180. The Morgan fingerprint density at radius 3 is 2.07 bits per heavy atom.